The van der Waals surface area contributed by atoms with Crippen molar-refractivity contribution in [1.29, 1.82) is 0 Å². The smallest absolute Gasteiger partial charge is 0.306 e. The first-order chi connectivity index (χ1) is 25.4. The number of carbonyl (C=O) groups is 6. The van der Waals surface area contributed by atoms with Gasteiger partial charge in [0.2, 0.25) is 0 Å². The van der Waals surface area contributed by atoms with Gasteiger partial charge >= 0.3 is 35.8 Å². The van der Waals surface area contributed by atoms with E-state index in [1.807, 2.05) is 12.2 Å². The predicted octanol–water partition coefficient (Wildman–Crippen LogP) is 6.15. The van der Waals surface area contributed by atoms with Crippen molar-refractivity contribution in [2.24, 2.45) is 0 Å². The van der Waals surface area contributed by atoms with Gasteiger partial charge in [-0.2, -0.15) is 0 Å². The monoisotopic (exact) mass is 754 g/mol. The molecule has 14 nitrogen and oxygen atoms in total. The SMILES string of the molecule is C=CCCCCCCCCC(=O)OC[C@H](CO[C@@H]1O[C@H](COC(C)=O)[C@@H](OC(C)=O)[C@H](OC(C)=O)[C@H]1OC(C)=O)OC(=O)CCCCCCCCC=C. The molecule has 302 valence electrons. The Bertz CT molecular complexity index is 1140. The number of ether oxygens (including phenoxy) is 8. The summed E-state index contributed by atoms with van der Waals surface area (Å²) in [5.74, 6) is -3.99. The molecule has 1 fully saturated rings. The molecule has 0 aliphatic carbocycles. The van der Waals surface area contributed by atoms with Crippen molar-refractivity contribution in [1.82, 2.24) is 0 Å². The molecular weight excluding hydrogens is 692 g/mol. The Hall–Kier alpha value is -3.78. The highest BCUT2D eigenvalue weighted by Crippen LogP contribution is 2.30. The van der Waals surface area contributed by atoms with Crippen LogP contribution in [0.15, 0.2) is 25.3 Å². The van der Waals surface area contributed by atoms with Crippen LogP contribution in [0.5, 0.6) is 0 Å². The summed E-state index contributed by atoms with van der Waals surface area (Å²) in [6.07, 6.45) is 9.56. The summed E-state index contributed by atoms with van der Waals surface area (Å²) < 4.78 is 44.5. The lowest BCUT2D eigenvalue weighted by Gasteiger charge is -2.44. The minimum absolute atomic E-state index is 0.142. The number of rotatable bonds is 29. The maximum atomic E-state index is 12.9. The van der Waals surface area contributed by atoms with Gasteiger partial charge in [-0.1, -0.05) is 63.5 Å². The van der Waals surface area contributed by atoms with E-state index < -0.39 is 79.2 Å². The van der Waals surface area contributed by atoms with Crippen LogP contribution in [0, 0.1) is 0 Å². The number of hydrogen-bond acceptors (Lipinski definition) is 14. The number of carbonyl (C=O) groups excluding carboxylic acids is 6. The molecule has 14 heteroatoms. The Labute approximate surface area is 314 Å². The zero-order valence-electron chi connectivity index (χ0n) is 32.2. The summed E-state index contributed by atoms with van der Waals surface area (Å²) in [5, 5.41) is 0. The van der Waals surface area contributed by atoms with Crippen molar-refractivity contribution in [2.45, 2.75) is 167 Å². The highest BCUT2D eigenvalue weighted by molar-refractivity contribution is 5.70. The normalized spacial score (nSPS) is 20.0. The first kappa shape index (κ1) is 47.2. The van der Waals surface area contributed by atoms with E-state index in [1.54, 1.807) is 0 Å². The average molecular weight is 755 g/mol. The summed E-state index contributed by atoms with van der Waals surface area (Å²) in [7, 11) is 0. The van der Waals surface area contributed by atoms with Crippen LogP contribution in [0.3, 0.4) is 0 Å². The lowest BCUT2D eigenvalue weighted by Crippen LogP contribution is -2.63. The quantitative estimate of drug-likeness (QED) is 0.0367. The molecule has 1 heterocycles. The fraction of sp³-hybridized carbons (Fsp3) is 0.744. The maximum Gasteiger partial charge on any atom is 0.306 e. The second-order valence-corrected chi connectivity index (χ2v) is 13.1. The molecule has 0 amide bonds. The molecule has 0 aromatic heterocycles. The van der Waals surface area contributed by atoms with Gasteiger partial charge in [0.15, 0.2) is 30.7 Å². The highest BCUT2D eigenvalue weighted by atomic mass is 16.7. The summed E-state index contributed by atoms with van der Waals surface area (Å²) in [6.45, 7) is 10.8. The largest absolute Gasteiger partial charge is 0.463 e. The van der Waals surface area contributed by atoms with Gasteiger partial charge in [0.05, 0.1) is 6.61 Å². The van der Waals surface area contributed by atoms with E-state index in [-0.39, 0.29) is 26.1 Å². The molecule has 1 rings (SSSR count). The Morgan fingerprint density at radius 2 is 1.04 bits per heavy atom. The first-order valence-corrected chi connectivity index (χ1v) is 18.9. The molecule has 0 radical (unpaired) electrons. The standard InChI is InChI=1S/C39H62O14/c1-7-9-11-13-15-17-19-21-23-34(44)47-25-32(52-35(45)24-22-20-18-16-14-12-10-8-2)26-48-39-38(51-31(6)43)37(50-30(5)42)36(49-29(4)41)33(53-39)27-46-28(3)40/h7-8,32-33,36-39H,1-2,9-27H2,3-6H3/t32-,33-,36-,37+,38-,39-/m1/s1. The fourth-order valence-electron chi connectivity index (χ4n) is 5.67. The third-order valence-corrected chi connectivity index (χ3v) is 8.20. The van der Waals surface area contributed by atoms with Crippen molar-refractivity contribution >= 4 is 35.8 Å². The molecule has 53 heavy (non-hydrogen) atoms. The number of unbranched alkanes of at least 4 members (excludes halogenated alkanes) is 12. The van der Waals surface area contributed by atoms with E-state index in [2.05, 4.69) is 13.2 Å². The Balaban J connectivity index is 3.05. The second kappa shape index (κ2) is 28.7. The van der Waals surface area contributed by atoms with Crippen LogP contribution in [0.25, 0.3) is 0 Å². The van der Waals surface area contributed by atoms with E-state index in [1.165, 1.54) is 6.92 Å². The third kappa shape index (κ3) is 22.8. The van der Waals surface area contributed by atoms with Gasteiger partial charge in [0, 0.05) is 40.5 Å². The maximum absolute atomic E-state index is 12.9. The van der Waals surface area contributed by atoms with E-state index >= 15 is 0 Å². The van der Waals surface area contributed by atoms with Crippen molar-refractivity contribution < 1.29 is 66.7 Å². The van der Waals surface area contributed by atoms with E-state index in [0.29, 0.717) is 12.8 Å². The van der Waals surface area contributed by atoms with Gasteiger partial charge in [-0.25, -0.2) is 0 Å². The van der Waals surface area contributed by atoms with Gasteiger partial charge in [-0.15, -0.1) is 13.2 Å². The summed E-state index contributed by atoms with van der Waals surface area (Å²) in [5.41, 5.74) is 0. The first-order valence-electron chi connectivity index (χ1n) is 18.9. The lowest BCUT2D eigenvalue weighted by atomic mass is 9.98. The molecule has 1 saturated heterocycles. The van der Waals surface area contributed by atoms with Gasteiger partial charge < -0.3 is 37.9 Å². The zero-order valence-corrected chi connectivity index (χ0v) is 32.2. The lowest BCUT2D eigenvalue weighted by molar-refractivity contribution is -0.311. The predicted molar refractivity (Wildman–Crippen MR) is 193 cm³/mol. The van der Waals surface area contributed by atoms with E-state index in [4.69, 9.17) is 37.9 Å². The second-order valence-electron chi connectivity index (χ2n) is 13.1. The molecule has 0 aromatic carbocycles. The van der Waals surface area contributed by atoms with Crippen LogP contribution in [-0.4, -0.2) is 92.4 Å². The molecule has 0 saturated carbocycles. The van der Waals surface area contributed by atoms with Gasteiger partial charge in [0.1, 0.15) is 19.3 Å². The van der Waals surface area contributed by atoms with Crippen molar-refractivity contribution in [3.8, 4) is 0 Å². The molecule has 1 aliphatic heterocycles. The summed E-state index contributed by atoms with van der Waals surface area (Å²) in [6, 6.07) is 0. The average Bonchev–Trinajstić information content (AvgIpc) is 3.09. The van der Waals surface area contributed by atoms with Gasteiger partial charge in [0.25, 0.3) is 0 Å². The molecule has 1 aliphatic rings. The van der Waals surface area contributed by atoms with Crippen LogP contribution < -0.4 is 0 Å². The topological polar surface area (TPSA) is 176 Å². The Kier molecular flexibility index (Phi) is 25.6. The van der Waals surface area contributed by atoms with Crippen molar-refractivity contribution in [2.75, 3.05) is 19.8 Å². The van der Waals surface area contributed by atoms with Crippen LogP contribution in [-0.2, 0) is 66.7 Å². The molecular formula is C39H62O14. The van der Waals surface area contributed by atoms with Gasteiger partial charge in [-0.3, -0.25) is 28.8 Å². The van der Waals surface area contributed by atoms with E-state index in [9.17, 15) is 28.8 Å². The highest BCUT2D eigenvalue weighted by Gasteiger charge is 2.53. The summed E-state index contributed by atoms with van der Waals surface area (Å²) >= 11 is 0. The molecule has 0 bridgehead atoms. The molecule has 0 aromatic rings. The Morgan fingerprint density at radius 1 is 0.566 bits per heavy atom. The van der Waals surface area contributed by atoms with Crippen LogP contribution in [0.2, 0.25) is 0 Å². The van der Waals surface area contributed by atoms with Crippen LogP contribution >= 0.6 is 0 Å². The number of hydrogen-bond donors (Lipinski definition) is 0. The number of esters is 6. The van der Waals surface area contributed by atoms with Crippen LogP contribution in [0.4, 0.5) is 0 Å². The van der Waals surface area contributed by atoms with Crippen molar-refractivity contribution in [3.05, 3.63) is 25.3 Å². The van der Waals surface area contributed by atoms with E-state index in [0.717, 1.165) is 97.8 Å². The molecule has 0 unspecified atom stereocenters. The molecule has 6 atom stereocenters. The fourth-order valence-corrected chi connectivity index (χ4v) is 5.67. The minimum Gasteiger partial charge on any atom is -0.463 e. The number of allylic oxidation sites excluding steroid dienone is 2. The minimum atomic E-state index is -1.49. The third-order valence-electron chi connectivity index (χ3n) is 8.20. The molecule has 0 N–H and O–H groups in total. The zero-order chi connectivity index (χ0) is 39.4. The molecule has 0 spiro atoms. The Morgan fingerprint density at radius 3 is 1.55 bits per heavy atom. The summed E-state index contributed by atoms with van der Waals surface area (Å²) in [4.78, 5) is 73.6. The van der Waals surface area contributed by atoms with Gasteiger partial charge in [-0.05, 0) is 38.5 Å². The van der Waals surface area contributed by atoms with Crippen molar-refractivity contribution in [3.63, 3.8) is 0 Å². The van der Waals surface area contributed by atoms with Crippen LogP contribution in [0.1, 0.15) is 130 Å².